The standard InChI is InChI=1S/C15H19N3O2S/c1-9(2)14-17-18-15(20-14)21-8-13(19)16-12-6-5-10(3)11(4)7-12/h5-7,9H,8H2,1-4H3,(H,16,19). The lowest BCUT2D eigenvalue weighted by Gasteiger charge is -2.06. The lowest BCUT2D eigenvalue weighted by atomic mass is 10.1. The van der Waals surface area contributed by atoms with Gasteiger partial charge in [0.15, 0.2) is 0 Å². The Labute approximate surface area is 128 Å². The minimum Gasteiger partial charge on any atom is -0.416 e. The van der Waals surface area contributed by atoms with Gasteiger partial charge in [0.05, 0.1) is 5.75 Å². The molecule has 0 atom stereocenters. The molecule has 0 bridgehead atoms. The molecular formula is C15H19N3O2S. The summed E-state index contributed by atoms with van der Waals surface area (Å²) in [6.45, 7) is 8.02. The minimum absolute atomic E-state index is 0.0902. The highest BCUT2D eigenvalue weighted by Crippen LogP contribution is 2.20. The Balaban J connectivity index is 1.88. The molecule has 0 saturated carbocycles. The van der Waals surface area contributed by atoms with Gasteiger partial charge in [-0.2, -0.15) is 0 Å². The molecule has 1 aromatic carbocycles. The van der Waals surface area contributed by atoms with Gasteiger partial charge in [0.2, 0.25) is 11.8 Å². The number of hydrogen-bond acceptors (Lipinski definition) is 5. The van der Waals surface area contributed by atoms with Crippen LogP contribution in [0.25, 0.3) is 0 Å². The van der Waals surface area contributed by atoms with Crippen LogP contribution in [0.5, 0.6) is 0 Å². The van der Waals surface area contributed by atoms with E-state index in [1.807, 2.05) is 45.9 Å². The Hall–Kier alpha value is -1.82. The van der Waals surface area contributed by atoms with Crippen LogP contribution in [-0.4, -0.2) is 21.9 Å². The molecule has 5 nitrogen and oxygen atoms in total. The van der Waals surface area contributed by atoms with Crippen LogP contribution in [0.1, 0.15) is 36.8 Å². The summed E-state index contributed by atoms with van der Waals surface area (Å²) in [5.74, 6) is 0.933. The first-order valence-corrected chi connectivity index (χ1v) is 7.77. The van der Waals surface area contributed by atoms with Crippen LogP contribution in [0.2, 0.25) is 0 Å². The molecule has 0 saturated heterocycles. The van der Waals surface area contributed by atoms with Crippen molar-refractivity contribution >= 4 is 23.4 Å². The van der Waals surface area contributed by atoms with Gasteiger partial charge in [0.1, 0.15) is 0 Å². The van der Waals surface area contributed by atoms with E-state index in [2.05, 4.69) is 15.5 Å². The first-order chi connectivity index (χ1) is 9.95. The van der Waals surface area contributed by atoms with E-state index in [9.17, 15) is 4.79 Å². The third kappa shape index (κ3) is 4.32. The number of anilines is 1. The van der Waals surface area contributed by atoms with Gasteiger partial charge in [-0.25, -0.2) is 0 Å². The van der Waals surface area contributed by atoms with Crippen LogP contribution in [0, 0.1) is 13.8 Å². The summed E-state index contributed by atoms with van der Waals surface area (Å²) in [6, 6.07) is 5.85. The van der Waals surface area contributed by atoms with E-state index >= 15 is 0 Å². The van der Waals surface area contributed by atoms with Crippen molar-refractivity contribution < 1.29 is 9.21 Å². The third-order valence-corrected chi connectivity index (χ3v) is 3.85. The number of aromatic nitrogens is 2. The first kappa shape index (κ1) is 15.6. The second kappa shape index (κ2) is 6.76. The molecule has 0 aliphatic rings. The molecule has 21 heavy (non-hydrogen) atoms. The maximum Gasteiger partial charge on any atom is 0.277 e. The number of benzene rings is 1. The molecule has 1 aromatic heterocycles. The Morgan fingerprint density at radius 2 is 2.05 bits per heavy atom. The Morgan fingerprint density at radius 1 is 1.29 bits per heavy atom. The maximum atomic E-state index is 11.9. The number of amides is 1. The van der Waals surface area contributed by atoms with Crippen molar-refractivity contribution in [1.82, 2.24) is 10.2 Å². The predicted molar refractivity (Wildman–Crippen MR) is 83.7 cm³/mol. The zero-order valence-corrected chi connectivity index (χ0v) is 13.5. The maximum absolute atomic E-state index is 11.9. The lowest BCUT2D eigenvalue weighted by Crippen LogP contribution is -2.14. The molecule has 0 fully saturated rings. The van der Waals surface area contributed by atoms with Gasteiger partial charge in [-0.15, -0.1) is 10.2 Å². The number of thioether (sulfide) groups is 1. The normalized spacial score (nSPS) is 10.9. The smallest absolute Gasteiger partial charge is 0.277 e. The average Bonchev–Trinajstić information content (AvgIpc) is 2.90. The van der Waals surface area contributed by atoms with Crippen LogP contribution in [0.3, 0.4) is 0 Å². The molecule has 0 radical (unpaired) electrons. The summed E-state index contributed by atoms with van der Waals surface area (Å²) < 4.78 is 5.44. The molecule has 0 aliphatic carbocycles. The molecular weight excluding hydrogens is 286 g/mol. The zero-order chi connectivity index (χ0) is 15.4. The number of carbonyl (C=O) groups is 1. The van der Waals surface area contributed by atoms with E-state index in [1.165, 1.54) is 17.3 Å². The van der Waals surface area contributed by atoms with Crippen molar-refractivity contribution in [2.45, 2.75) is 38.8 Å². The Morgan fingerprint density at radius 3 is 2.67 bits per heavy atom. The van der Waals surface area contributed by atoms with Crippen molar-refractivity contribution in [3.8, 4) is 0 Å². The van der Waals surface area contributed by atoms with Gasteiger partial charge in [0, 0.05) is 11.6 Å². The molecule has 1 amide bonds. The van der Waals surface area contributed by atoms with Gasteiger partial charge in [-0.3, -0.25) is 4.79 Å². The monoisotopic (exact) mass is 305 g/mol. The number of rotatable bonds is 5. The second-order valence-corrected chi connectivity index (χ2v) is 6.12. The van der Waals surface area contributed by atoms with Crippen molar-refractivity contribution in [2.24, 2.45) is 0 Å². The van der Waals surface area contributed by atoms with Gasteiger partial charge in [0.25, 0.3) is 5.22 Å². The summed E-state index contributed by atoms with van der Waals surface area (Å²) >= 11 is 1.24. The SMILES string of the molecule is Cc1ccc(NC(=O)CSc2nnc(C(C)C)o2)cc1C. The van der Waals surface area contributed by atoms with Crippen molar-refractivity contribution in [3.63, 3.8) is 0 Å². The highest BCUT2D eigenvalue weighted by atomic mass is 32.2. The molecule has 0 aliphatic heterocycles. The fourth-order valence-electron chi connectivity index (χ4n) is 1.66. The summed E-state index contributed by atoms with van der Waals surface area (Å²) in [7, 11) is 0. The topological polar surface area (TPSA) is 68.0 Å². The van der Waals surface area contributed by atoms with Crippen LogP contribution in [-0.2, 0) is 4.79 Å². The third-order valence-electron chi connectivity index (χ3n) is 3.03. The fraction of sp³-hybridized carbons (Fsp3) is 0.400. The largest absolute Gasteiger partial charge is 0.416 e. The number of carbonyl (C=O) groups excluding carboxylic acids is 1. The van der Waals surface area contributed by atoms with Crippen LogP contribution < -0.4 is 5.32 Å². The number of aryl methyl sites for hydroxylation is 2. The summed E-state index contributed by atoms with van der Waals surface area (Å²) in [5, 5.41) is 11.1. The Kier molecular flexibility index (Phi) is 5.01. The molecule has 112 valence electrons. The first-order valence-electron chi connectivity index (χ1n) is 6.79. The van der Waals surface area contributed by atoms with E-state index in [1.54, 1.807) is 0 Å². The minimum atomic E-state index is -0.0902. The predicted octanol–water partition coefficient (Wildman–Crippen LogP) is 3.54. The van der Waals surface area contributed by atoms with Crippen molar-refractivity contribution in [1.29, 1.82) is 0 Å². The summed E-state index contributed by atoms with van der Waals surface area (Å²) in [5.41, 5.74) is 3.16. The summed E-state index contributed by atoms with van der Waals surface area (Å²) in [6.07, 6.45) is 0. The molecule has 1 N–H and O–H groups in total. The van der Waals surface area contributed by atoms with E-state index in [-0.39, 0.29) is 17.6 Å². The van der Waals surface area contributed by atoms with E-state index in [0.29, 0.717) is 11.1 Å². The highest BCUT2D eigenvalue weighted by Gasteiger charge is 2.12. The van der Waals surface area contributed by atoms with E-state index in [0.717, 1.165) is 11.3 Å². The number of nitrogens with zero attached hydrogens (tertiary/aromatic N) is 2. The van der Waals surface area contributed by atoms with Gasteiger partial charge < -0.3 is 9.73 Å². The average molecular weight is 305 g/mol. The Bertz CT molecular complexity index is 638. The molecule has 1 heterocycles. The van der Waals surface area contributed by atoms with Crippen molar-refractivity contribution in [3.05, 3.63) is 35.2 Å². The molecule has 0 unspecified atom stereocenters. The molecule has 6 heteroatoms. The van der Waals surface area contributed by atoms with Crippen LogP contribution in [0.15, 0.2) is 27.8 Å². The molecule has 2 rings (SSSR count). The highest BCUT2D eigenvalue weighted by molar-refractivity contribution is 7.99. The van der Waals surface area contributed by atoms with E-state index in [4.69, 9.17) is 4.42 Å². The second-order valence-electron chi connectivity index (χ2n) is 5.20. The van der Waals surface area contributed by atoms with Crippen LogP contribution in [0.4, 0.5) is 5.69 Å². The summed E-state index contributed by atoms with van der Waals surface area (Å²) in [4.78, 5) is 11.9. The van der Waals surface area contributed by atoms with Crippen LogP contribution >= 0.6 is 11.8 Å². The van der Waals surface area contributed by atoms with Gasteiger partial charge >= 0.3 is 0 Å². The zero-order valence-electron chi connectivity index (χ0n) is 12.6. The van der Waals surface area contributed by atoms with Gasteiger partial charge in [-0.1, -0.05) is 31.7 Å². The van der Waals surface area contributed by atoms with E-state index < -0.39 is 0 Å². The lowest BCUT2D eigenvalue weighted by molar-refractivity contribution is -0.113. The van der Waals surface area contributed by atoms with Gasteiger partial charge in [-0.05, 0) is 37.1 Å². The van der Waals surface area contributed by atoms with Crippen molar-refractivity contribution in [2.75, 3.05) is 11.1 Å². The molecule has 2 aromatic rings. The number of hydrogen-bond donors (Lipinski definition) is 1. The molecule has 0 spiro atoms. The fourth-order valence-corrected chi connectivity index (χ4v) is 2.23. The quantitative estimate of drug-likeness (QED) is 0.856. The number of nitrogens with one attached hydrogen (secondary N) is 1.